The van der Waals surface area contributed by atoms with Gasteiger partial charge < -0.3 is 10.0 Å². The molecule has 5 heteroatoms. The van der Waals surface area contributed by atoms with Gasteiger partial charge in [-0.15, -0.1) is 0 Å². The molecule has 2 heterocycles. The predicted molar refractivity (Wildman–Crippen MR) is 110 cm³/mol. The zero-order chi connectivity index (χ0) is 20.7. The van der Waals surface area contributed by atoms with Crippen LogP contribution in [-0.4, -0.2) is 34.3 Å². The molecule has 0 bridgehead atoms. The maximum Gasteiger partial charge on any atom is 0.235 e. The van der Waals surface area contributed by atoms with E-state index < -0.39 is 16.8 Å². The Balaban J connectivity index is 1.90. The second-order valence-electron chi connectivity index (χ2n) is 8.55. The fourth-order valence-electron chi connectivity index (χ4n) is 4.93. The standard InChI is InChI=1S/C24H29NO4/c1-4-15-22-16-23(19-11-7-5-8-12-19,20-13-9-6-10-14-20)28-29-24(22,27)17-25(18(2)3)21(22)26/h5-14,18,27H,4,15-17H2,1-3H3. The molecule has 2 aliphatic heterocycles. The number of nitrogens with zero attached hydrogens (tertiary/aromatic N) is 1. The molecule has 29 heavy (non-hydrogen) atoms. The summed E-state index contributed by atoms with van der Waals surface area (Å²) in [6.45, 7) is 6.06. The molecule has 2 saturated heterocycles. The number of carbonyl (C=O) groups is 1. The average Bonchev–Trinajstić information content (AvgIpc) is 2.97. The van der Waals surface area contributed by atoms with E-state index in [-0.39, 0.29) is 18.5 Å². The minimum Gasteiger partial charge on any atom is -0.361 e. The fourth-order valence-corrected chi connectivity index (χ4v) is 4.93. The number of aliphatic hydroxyl groups is 1. The van der Waals surface area contributed by atoms with Gasteiger partial charge in [0, 0.05) is 12.5 Å². The molecular formula is C24H29NO4. The molecule has 0 aliphatic carbocycles. The summed E-state index contributed by atoms with van der Waals surface area (Å²) in [4.78, 5) is 27.3. The van der Waals surface area contributed by atoms with Gasteiger partial charge in [-0.25, -0.2) is 4.89 Å². The van der Waals surface area contributed by atoms with Gasteiger partial charge in [-0.05, 0) is 31.4 Å². The lowest BCUT2D eigenvalue weighted by Crippen LogP contribution is -2.60. The number of likely N-dealkylation sites (tertiary alicyclic amines) is 1. The van der Waals surface area contributed by atoms with Crippen LogP contribution in [0, 0.1) is 5.41 Å². The van der Waals surface area contributed by atoms with Crippen molar-refractivity contribution in [1.29, 1.82) is 0 Å². The number of carbonyl (C=O) groups excluding carboxylic acids is 1. The topological polar surface area (TPSA) is 59.0 Å². The first-order valence-corrected chi connectivity index (χ1v) is 10.4. The van der Waals surface area contributed by atoms with Crippen LogP contribution in [0.3, 0.4) is 0 Å². The largest absolute Gasteiger partial charge is 0.361 e. The Morgan fingerprint density at radius 3 is 2.03 bits per heavy atom. The lowest BCUT2D eigenvalue weighted by molar-refractivity contribution is -0.503. The van der Waals surface area contributed by atoms with Crippen molar-refractivity contribution >= 4 is 5.91 Å². The molecular weight excluding hydrogens is 366 g/mol. The molecule has 2 fully saturated rings. The highest BCUT2D eigenvalue weighted by Crippen LogP contribution is 2.58. The molecule has 0 saturated carbocycles. The van der Waals surface area contributed by atoms with Crippen molar-refractivity contribution in [1.82, 2.24) is 4.90 Å². The summed E-state index contributed by atoms with van der Waals surface area (Å²) in [5.41, 5.74) is -0.248. The highest BCUT2D eigenvalue weighted by molar-refractivity contribution is 5.87. The summed E-state index contributed by atoms with van der Waals surface area (Å²) in [5, 5.41) is 11.5. The molecule has 154 valence electrons. The van der Waals surface area contributed by atoms with Crippen LogP contribution >= 0.6 is 0 Å². The van der Waals surface area contributed by atoms with E-state index in [1.807, 2.05) is 81.4 Å². The summed E-state index contributed by atoms with van der Waals surface area (Å²) in [6, 6.07) is 19.6. The van der Waals surface area contributed by atoms with Gasteiger partial charge in [0.2, 0.25) is 11.7 Å². The molecule has 0 aromatic heterocycles. The monoisotopic (exact) mass is 395 g/mol. The Labute approximate surface area is 172 Å². The molecule has 0 spiro atoms. The van der Waals surface area contributed by atoms with Crippen molar-refractivity contribution in [2.45, 2.75) is 57.5 Å². The van der Waals surface area contributed by atoms with Gasteiger partial charge in [-0.2, -0.15) is 4.89 Å². The lowest BCUT2D eigenvalue weighted by atomic mass is 9.65. The van der Waals surface area contributed by atoms with Crippen molar-refractivity contribution in [2.75, 3.05) is 6.54 Å². The summed E-state index contributed by atoms with van der Waals surface area (Å²) < 4.78 is 0. The van der Waals surface area contributed by atoms with Gasteiger partial charge in [0.05, 0.1) is 6.54 Å². The zero-order valence-electron chi connectivity index (χ0n) is 17.3. The normalized spacial score (nSPS) is 28.6. The van der Waals surface area contributed by atoms with E-state index in [2.05, 4.69) is 0 Å². The van der Waals surface area contributed by atoms with Gasteiger partial charge in [0.1, 0.15) is 5.41 Å². The maximum absolute atomic E-state index is 13.7. The van der Waals surface area contributed by atoms with Crippen molar-refractivity contribution in [3.63, 3.8) is 0 Å². The maximum atomic E-state index is 13.7. The zero-order valence-corrected chi connectivity index (χ0v) is 17.3. The number of hydrogen-bond donors (Lipinski definition) is 1. The van der Waals surface area contributed by atoms with E-state index in [1.165, 1.54) is 0 Å². The van der Waals surface area contributed by atoms with E-state index in [0.29, 0.717) is 12.8 Å². The molecule has 1 amide bonds. The Kier molecular flexibility index (Phi) is 5.01. The molecule has 1 N–H and O–H groups in total. The van der Waals surface area contributed by atoms with Crippen LogP contribution in [0.4, 0.5) is 0 Å². The van der Waals surface area contributed by atoms with E-state index in [0.717, 1.165) is 17.5 Å². The molecule has 2 atom stereocenters. The van der Waals surface area contributed by atoms with Crippen LogP contribution in [0.1, 0.15) is 51.2 Å². The van der Waals surface area contributed by atoms with Gasteiger partial charge in [-0.1, -0.05) is 74.0 Å². The van der Waals surface area contributed by atoms with Crippen molar-refractivity contribution < 1.29 is 19.7 Å². The molecule has 2 aliphatic rings. The number of β-amino-alcohol motifs (C(OH)–C–C–N with tert-alkyl or cyclic N) is 1. The third-order valence-corrected chi connectivity index (χ3v) is 6.46. The minimum atomic E-state index is -1.67. The first-order valence-electron chi connectivity index (χ1n) is 10.4. The smallest absolute Gasteiger partial charge is 0.235 e. The van der Waals surface area contributed by atoms with Crippen molar-refractivity contribution in [2.24, 2.45) is 5.41 Å². The quantitative estimate of drug-likeness (QED) is 0.777. The van der Waals surface area contributed by atoms with Gasteiger partial charge in [0.25, 0.3) is 0 Å². The SMILES string of the molecule is CCCC12CC(c3ccccc3)(c3ccccc3)OOC1(O)CN(C(C)C)C2=O. The van der Waals surface area contributed by atoms with Crippen LogP contribution < -0.4 is 0 Å². The third-order valence-electron chi connectivity index (χ3n) is 6.46. The van der Waals surface area contributed by atoms with E-state index in [9.17, 15) is 9.90 Å². The van der Waals surface area contributed by atoms with Crippen molar-refractivity contribution in [3.8, 4) is 0 Å². The number of hydrogen-bond acceptors (Lipinski definition) is 4. The van der Waals surface area contributed by atoms with Crippen LogP contribution in [0.25, 0.3) is 0 Å². The van der Waals surface area contributed by atoms with E-state index in [4.69, 9.17) is 9.78 Å². The van der Waals surface area contributed by atoms with Crippen LogP contribution in [0.15, 0.2) is 60.7 Å². The average molecular weight is 395 g/mol. The molecule has 2 aromatic rings. The molecule has 4 rings (SSSR count). The fraction of sp³-hybridized carbons (Fsp3) is 0.458. The lowest BCUT2D eigenvalue weighted by Gasteiger charge is -2.50. The first kappa shape index (κ1) is 20.1. The summed E-state index contributed by atoms with van der Waals surface area (Å²) in [7, 11) is 0. The Morgan fingerprint density at radius 2 is 1.55 bits per heavy atom. The minimum absolute atomic E-state index is 0.0303. The number of rotatable bonds is 5. The van der Waals surface area contributed by atoms with E-state index in [1.54, 1.807) is 4.90 Å². The Bertz CT molecular complexity index is 829. The number of benzene rings is 2. The highest BCUT2D eigenvalue weighted by atomic mass is 17.2. The summed E-state index contributed by atoms with van der Waals surface area (Å²) >= 11 is 0. The second-order valence-corrected chi connectivity index (χ2v) is 8.55. The van der Waals surface area contributed by atoms with Gasteiger partial charge in [-0.3, -0.25) is 4.79 Å². The first-order chi connectivity index (χ1) is 13.9. The number of amides is 1. The highest BCUT2D eigenvalue weighted by Gasteiger charge is 2.71. The Hall–Kier alpha value is -2.21. The second kappa shape index (κ2) is 7.24. The van der Waals surface area contributed by atoms with Crippen LogP contribution in [0.5, 0.6) is 0 Å². The number of fused-ring (bicyclic) bond motifs is 1. The molecule has 0 radical (unpaired) electrons. The predicted octanol–water partition coefficient (Wildman–Crippen LogP) is 4.01. The van der Waals surface area contributed by atoms with Crippen LogP contribution in [-0.2, 0) is 20.2 Å². The van der Waals surface area contributed by atoms with Gasteiger partial charge in [0.15, 0.2) is 5.60 Å². The third kappa shape index (κ3) is 2.91. The molecule has 2 aromatic carbocycles. The summed E-state index contributed by atoms with van der Waals surface area (Å²) in [6.07, 6.45) is 1.60. The molecule has 2 unspecified atom stereocenters. The Morgan fingerprint density at radius 1 is 1.00 bits per heavy atom. The summed E-state index contributed by atoms with van der Waals surface area (Å²) in [5.74, 6) is -1.73. The van der Waals surface area contributed by atoms with Crippen molar-refractivity contribution in [3.05, 3.63) is 71.8 Å². The molecule has 5 nitrogen and oxygen atoms in total. The van der Waals surface area contributed by atoms with E-state index >= 15 is 0 Å². The van der Waals surface area contributed by atoms with Gasteiger partial charge >= 0.3 is 0 Å². The van der Waals surface area contributed by atoms with Crippen LogP contribution in [0.2, 0.25) is 0 Å².